The molecule has 0 fully saturated rings. The maximum atomic E-state index is 13.2. The van der Waals surface area contributed by atoms with E-state index in [1.165, 1.54) is 24.7 Å². The van der Waals surface area contributed by atoms with Crippen molar-refractivity contribution in [3.8, 4) is 6.01 Å². The van der Waals surface area contributed by atoms with Crippen molar-refractivity contribution in [1.29, 1.82) is 0 Å². The summed E-state index contributed by atoms with van der Waals surface area (Å²) >= 11 is 0. The van der Waals surface area contributed by atoms with Crippen LogP contribution >= 0.6 is 0 Å². The molecule has 0 aliphatic carbocycles. The Morgan fingerprint density at radius 1 is 1.30 bits per heavy atom. The monoisotopic (exact) mass is 323 g/mol. The van der Waals surface area contributed by atoms with Crippen LogP contribution in [0.3, 0.4) is 0 Å². The zero-order valence-corrected chi connectivity index (χ0v) is 11.7. The van der Waals surface area contributed by atoms with Gasteiger partial charge in [-0.3, -0.25) is 4.99 Å². The van der Waals surface area contributed by atoms with E-state index < -0.39 is 17.8 Å². The zero-order valence-electron chi connectivity index (χ0n) is 11.7. The van der Waals surface area contributed by atoms with Crippen LogP contribution in [-0.4, -0.2) is 28.5 Å². The first-order chi connectivity index (χ1) is 11.1. The molecule has 1 aromatic carbocycles. The fourth-order valence-electron chi connectivity index (χ4n) is 1.53. The Labute approximate surface area is 129 Å². The smallest absolute Gasteiger partial charge is 0.316 e. The molecule has 9 heteroatoms. The van der Waals surface area contributed by atoms with Crippen LogP contribution in [0, 0.1) is 5.82 Å². The lowest BCUT2D eigenvalue weighted by atomic mass is 10.2. The van der Waals surface area contributed by atoms with Crippen molar-refractivity contribution in [1.82, 2.24) is 9.97 Å². The molecule has 0 saturated heterocycles. The summed E-state index contributed by atoms with van der Waals surface area (Å²) in [6.45, 7) is -0.0626. The molecule has 1 aromatic heterocycles. The predicted octanol–water partition coefficient (Wildman–Crippen LogP) is 2.65. The van der Waals surface area contributed by atoms with E-state index in [2.05, 4.69) is 20.1 Å². The maximum Gasteiger partial charge on any atom is 0.316 e. The highest BCUT2D eigenvalue weighted by atomic mass is 19.3. The lowest BCUT2D eigenvalue weighted by Gasteiger charge is -2.04. The van der Waals surface area contributed by atoms with Gasteiger partial charge in [0.1, 0.15) is 18.1 Å². The molecule has 23 heavy (non-hydrogen) atoms. The third kappa shape index (κ3) is 4.77. The molecule has 0 atom stereocenters. The number of hydrogen-bond donors (Lipinski definition) is 1. The van der Waals surface area contributed by atoms with Crippen LogP contribution in [0.2, 0.25) is 0 Å². The molecule has 6 nitrogen and oxygen atoms in total. The van der Waals surface area contributed by atoms with Crippen molar-refractivity contribution in [3.63, 3.8) is 0 Å². The topological polar surface area (TPSA) is 85.8 Å². The van der Waals surface area contributed by atoms with Gasteiger partial charge in [-0.25, -0.2) is 23.1 Å². The molecule has 0 bridgehead atoms. The minimum atomic E-state index is -2.92. The number of nitrogens with two attached hydrogens (primary N) is 1. The first kappa shape index (κ1) is 16.4. The van der Waals surface area contributed by atoms with Crippen LogP contribution < -0.4 is 10.6 Å². The van der Waals surface area contributed by atoms with Gasteiger partial charge in [-0.1, -0.05) is 0 Å². The highest BCUT2D eigenvalue weighted by molar-refractivity contribution is 6.31. The van der Waals surface area contributed by atoms with Gasteiger partial charge in [-0.15, -0.1) is 0 Å². The second-order valence-corrected chi connectivity index (χ2v) is 4.21. The highest BCUT2D eigenvalue weighted by Gasteiger charge is 2.13. The Hall–Kier alpha value is -2.97. The average Bonchev–Trinajstić information content (AvgIpc) is 2.57. The van der Waals surface area contributed by atoms with Crippen LogP contribution in [-0.2, 0) is 0 Å². The van der Waals surface area contributed by atoms with Gasteiger partial charge >= 0.3 is 6.01 Å². The number of alkyl halides is 2. The van der Waals surface area contributed by atoms with E-state index in [9.17, 15) is 13.2 Å². The van der Waals surface area contributed by atoms with Gasteiger partial charge in [0.2, 0.25) is 0 Å². The Morgan fingerprint density at radius 3 is 2.70 bits per heavy atom. The van der Waals surface area contributed by atoms with Crippen molar-refractivity contribution in [2.75, 3.05) is 6.61 Å². The standard InChI is InChI=1S/C14H12F3N5O/c15-12-3-2-9(6-11(12)13(16)17)21-7-10(22-18)8-23-14-19-4-1-5-20-14/h1-7,13H,8,18H2. The summed E-state index contributed by atoms with van der Waals surface area (Å²) in [6.07, 6.45) is 1.30. The van der Waals surface area contributed by atoms with E-state index in [0.29, 0.717) is 0 Å². The highest BCUT2D eigenvalue weighted by Crippen LogP contribution is 2.26. The second kappa shape index (κ2) is 7.87. The fourth-order valence-corrected chi connectivity index (χ4v) is 1.53. The van der Waals surface area contributed by atoms with Crippen molar-refractivity contribution < 1.29 is 17.9 Å². The third-order valence-electron chi connectivity index (χ3n) is 2.63. The molecule has 0 saturated carbocycles. The van der Waals surface area contributed by atoms with Gasteiger partial charge in [0.05, 0.1) is 17.5 Å². The number of nitrogens with zero attached hydrogens (tertiary/aromatic N) is 4. The number of hydrogen-bond acceptors (Lipinski definition) is 6. The van der Waals surface area contributed by atoms with E-state index in [4.69, 9.17) is 10.6 Å². The first-order valence-electron chi connectivity index (χ1n) is 6.38. The molecular formula is C14H12F3N5O. The summed E-state index contributed by atoms with van der Waals surface area (Å²) in [5.41, 5.74) is -0.362. The molecule has 120 valence electrons. The minimum absolute atomic E-state index is 0.0626. The van der Waals surface area contributed by atoms with Gasteiger partial charge < -0.3 is 10.6 Å². The van der Waals surface area contributed by atoms with Crippen LogP contribution in [0.1, 0.15) is 12.0 Å². The quantitative estimate of drug-likeness (QED) is 0.503. The molecular weight excluding hydrogens is 311 g/mol. The Bertz CT molecular complexity index is 707. The number of aliphatic imine (C=N–C) groups is 1. The van der Waals surface area contributed by atoms with Gasteiger partial charge in [-0.05, 0) is 24.3 Å². The molecule has 0 spiro atoms. The van der Waals surface area contributed by atoms with Crippen molar-refractivity contribution in [2.45, 2.75) is 6.43 Å². The summed E-state index contributed by atoms with van der Waals surface area (Å²) in [4.78, 5) is 11.6. The Balaban J connectivity index is 2.04. The third-order valence-corrected chi connectivity index (χ3v) is 2.63. The SMILES string of the molecule is NN=C(C=Nc1ccc(F)c(C(F)F)c1)COc1ncccn1. The average molecular weight is 323 g/mol. The van der Waals surface area contributed by atoms with Gasteiger partial charge in [0.15, 0.2) is 0 Å². The number of hydrazone groups is 1. The molecule has 2 N–H and O–H groups in total. The molecule has 0 unspecified atom stereocenters. The summed E-state index contributed by atoms with van der Waals surface area (Å²) in [5.74, 6) is 4.21. The summed E-state index contributed by atoms with van der Waals surface area (Å²) in [5, 5.41) is 3.46. The number of rotatable bonds is 6. The van der Waals surface area contributed by atoms with Crippen LogP contribution in [0.25, 0.3) is 0 Å². The summed E-state index contributed by atoms with van der Waals surface area (Å²) in [7, 11) is 0. The van der Waals surface area contributed by atoms with Crippen molar-refractivity contribution >= 4 is 17.6 Å². The number of aromatic nitrogens is 2. The number of ether oxygens (including phenoxy) is 1. The fraction of sp³-hybridized carbons (Fsp3) is 0.143. The lowest BCUT2D eigenvalue weighted by molar-refractivity contribution is 0.146. The Morgan fingerprint density at radius 2 is 2.04 bits per heavy atom. The van der Waals surface area contributed by atoms with Crippen LogP contribution in [0.4, 0.5) is 18.9 Å². The Kier molecular flexibility index (Phi) is 5.61. The molecule has 2 aromatic rings. The van der Waals surface area contributed by atoms with E-state index in [1.54, 1.807) is 6.07 Å². The normalized spacial score (nSPS) is 12.1. The molecule has 1 heterocycles. The molecule has 0 amide bonds. The van der Waals surface area contributed by atoms with E-state index in [0.717, 1.165) is 12.1 Å². The van der Waals surface area contributed by atoms with Gasteiger partial charge in [-0.2, -0.15) is 5.10 Å². The van der Waals surface area contributed by atoms with E-state index in [1.807, 2.05) is 0 Å². The minimum Gasteiger partial charge on any atom is -0.457 e. The molecule has 0 aliphatic heterocycles. The molecule has 0 aliphatic rings. The van der Waals surface area contributed by atoms with Crippen molar-refractivity contribution in [2.24, 2.45) is 15.9 Å². The van der Waals surface area contributed by atoms with Crippen LogP contribution in [0.15, 0.2) is 46.8 Å². The molecule has 0 radical (unpaired) electrons. The van der Waals surface area contributed by atoms with Crippen molar-refractivity contribution in [3.05, 3.63) is 48.0 Å². The van der Waals surface area contributed by atoms with E-state index >= 15 is 0 Å². The number of halogens is 3. The number of benzene rings is 1. The van der Waals surface area contributed by atoms with Crippen LogP contribution in [0.5, 0.6) is 6.01 Å². The maximum absolute atomic E-state index is 13.2. The second-order valence-electron chi connectivity index (χ2n) is 4.21. The first-order valence-corrected chi connectivity index (χ1v) is 6.38. The van der Waals surface area contributed by atoms with E-state index in [-0.39, 0.29) is 24.0 Å². The molecule has 2 rings (SSSR count). The van der Waals surface area contributed by atoms with Gasteiger partial charge in [0.25, 0.3) is 6.43 Å². The summed E-state index contributed by atoms with van der Waals surface area (Å²) < 4.78 is 43.6. The summed E-state index contributed by atoms with van der Waals surface area (Å²) in [6, 6.07) is 4.88. The zero-order chi connectivity index (χ0) is 16.7. The largest absolute Gasteiger partial charge is 0.457 e. The van der Waals surface area contributed by atoms with Gasteiger partial charge in [0, 0.05) is 12.4 Å². The lowest BCUT2D eigenvalue weighted by Crippen LogP contribution is -2.15. The predicted molar refractivity (Wildman–Crippen MR) is 78.7 cm³/mol.